The van der Waals surface area contributed by atoms with Crippen molar-refractivity contribution in [2.45, 2.75) is 19.1 Å². The second-order valence-corrected chi connectivity index (χ2v) is 7.50. The Bertz CT molecular complexity index is 850. The zero-order chi connectivity index (χ0) is 21.6. The average Bonchev–Trinajstić information content (AvgIpc) is 2.73. The zero-order valence-corrected chi connectivity index (χ0v) is 19.9. The maximum Gasteiger partial charge on any atom is 0.416 e. The molecule has 0 atom stereocenters. The van der Waals surface area contributed by atoms with Crippen LogP contribution in [0.3, 0.4) is 0 Å². The van der Waals surface area contributed by atoms with Crippen LogP contribution in [0.15, 0.2) is 53.5 Å². The van der Waals surface area contributed by atoms with E-state index in [4.69, 9.17) is 5.73 Å². The molecule has 9 heteroatoms. The van der Waals surface area contributed by atoms with Crippen LogP contribution in [-0.2, 0) is 19.1 Å². The highest BCUT2D eigenvalue weighted by molar-refractivity contribution is 14.0. The SMILES string of the molecule is CN1CCN(c2ccc(C(F)(F)F)cc2CN=C(N)NCCc2ccccc2)CC1.I. The predicted molar refractivity (Wildman–Crippen MR) is 130 cm³/mol. The third-order valence-electron chi connectivity index (χ3n) is 5.23. The van der Waals surface area contributed by atoms with Gasteiger partial charge in [-0.05, 0) is 42.8 Å². The van der Waals surface area contributed by atoms with Crippen LogP contribution in [0.25, 0.3) is 0 Å². The molecular formula is C22H29F3IN5. The van der Waals surface area contributed by atoms with Crippen LogP contribution in [0.2, 0.25) is 0 Å². The molecule has 1 heterocycles. The summed E-state index contributed by atoms with van der Waals surface area (Å²) in [7, 11) is 2.04. The van der Waals surface area contributed by atoms with Crippen molar-refractivity contribution in [1.82, 2.24) is 10.2 Å². The van der Waals surface area contributed by atoms with Gasteiger partial charge >= 0.3 is 6.18 Å². The molecule has 0 unspecified atom stereocenters. The van der Waals surface area contributed by atoms with Crippen molar-refractivity contribution >= 4 is 35.6 Å². The molecule has 0 radical (unpaired) electrons. The third-order valence-corrected chi connectivity index (χ3v) is 5.23. The normalized spacial score (nSPS) is 15.5. The van der Waals surface area contributed by atoms with Gasteiger partial charge in [-0.3, -0.25) is 0 Å². The van der Waals surface area contributed by atoms with E-state index in [1.54, 1.807) is 6.07 Å². The molecule has 0 saturated carbocycles. The number of nitrogens with one attached hydrogen (secondary N) is 1. The van der Waals surface area contributed by atoms with Gasteiger partial charge in [0.1, 0.15) is 0 Å². The maximum atomic E-state index is 13.2. The Morgan fingerprint density at radius 1 is 1.06 bits per heavy atom. The summed E-state index contributed by atoms with van der Waals surface area (Å²) in [5, 5.41) is 3.04. The minimum absolute atomic E-state index is 0. The van der Waals surface area contributed by atoms with Crippen molar-refractivity contribution < 1.29 is 13.2 Å². The number of anilines is 1. The lowest BCUT2D eigenvalue weighted by atomic mass is 10.1. The van der Waals surface area contributed by atoms with Crippen molar-refractivity contribution in [3.63, 3.8) is 0 Å². The number of hydrogen-bond donors (Lipinski definition) is 2. The second kappa shape index (κ2) is 11.6. The lowest BCUT2D eigenvalue weighted by molar-refractivity contribution is -0.137. The van der Waals surface area contributed by atoms with Crippen molar-refractivity contribution in [3.05, 3.63) is 65.2 Å². The molecule has 1 aliphatic rings. The Labute approximate surface area is 198 Å². The summed E-state index contributed by atoms with van der Waals surface area (Å²) in [5.41, 5.74) is 7.78. The van der Waals surface area contributed by atoms with E-state index < -0.39 is 11.7 Å². The van der Waals surface area contributed by atoms with Crippen molar-refractivity contribution in [1.29, 1.82) is 0 Å². The number of nitrogens with two attached hydrogens (primary N) is 1. The smallest absolute Gasteiger partial charge is 0.370 e. The number of piperazine rings is 1. The number of likely N-dealkylation sites (N-methyl/N-ethyl adjacent to an activating group) is 1. The molecular weight excluding hydrogens is 518 g/mol. The number of alkyl halides is 3. The van der Waals surface area contributed by atoms with E-state index in [-0.39, 0.29) is 36.5 Å². The van der Waals surface area contributed by atoms with E-state index >= 15 is 0 Å². The van der Waals surface area contributed by atoms with Crippen LogP contribution >= 0.6 is 24.0 Å². The van der Waals surface area contributed by atoms with E-state index in [1.165, 1.54) is 11.6 Å². The van der Waals surface area contributed by atoms with Crippen molar-refractivity contribution in [2.75, 3.05) is 44.7 Å². The topological polar surface area (TPSA) is 56.9 Å². The Balaban J connectivity index is 0.00000341. The van der Waals surface area contributed by atoms with Crippen LogP contribution in [0.5, 0.6) is 0 Å². The predicted octanol–water partition coefficient (Wildman–Crippen LogP) is 3.72. The molecule has 2 aromatic rings. The number of guanidine groups is 1. The largest absolute Gasteiger partial charge is 0.416 e. The fourth-order valence-electron chi connectivity index (χ4n) is 3.45. The highest BCUT2D eigenvalue weighted by Crippen LogP contribution is 2.33. The third kappa shape index (κ3) is 7.57. The second-order valence-electron chi connectivity index (χ2n) is 7.50. The molecule has 1 fully saturated rings. The Morgan fingerprint density at radius 2 is 1.74 bits per heavy atom. The van der Waals surface area contributed by atoms with Gasteiger partial charge in [0.05, 0.1) is 12.1 Å². The van der Waals surface area contributed by atoms with E-state index in [0.717, 1.165) is 44.4 Å². The first-order valence-electron chi connectivity index (χ1n) is 10.0. The fraction of sp³-hybridized carbons (Fsp3) is 0.409. The van der Waals surface area contributed by atoms with E-state index in [9.17, 15) is 13.2 Å². The molecule has 0 amide bonds. The molecule has 0 spiro atoms. The van der Waals surface area contributed by atoms with Gasteiger partial charge in [0.15, 0.2) is 5.96 Å². The zero-order valence-electron chi connectivity index (χ0n) is 17.5. The molecule has 5 nitrogen and oxygen atoms in total. The van der Waals surface area contributed by atoms with Crippen LogP contribution < -0.4 is 16.0 Å². The van der Waals surface area contributed by atoms with Crippen LogP contribution in [-0.4, -0.2) is 50.6 Å². The van der Waals surface area contributed by atoms with E-state index in [1.807, 2.05) is 37.4 Å². The first-order valence-corrected chi connectivity index (χ1v) is 10.0. The molecule has 0 bridgehead atoms. The van der Waals surface area contributed by atoms with Gasteiger partial charge in [0.2, 0.25) is 0 Å². The van der Waals surface area contributed by atoms with Crippen molar-refractivity contribution in [3.8, 4) is 0 Å². The molecule has 0 aromatic heterocycles. The summed E-state index contributed by atoms with van der Waals surface area (Å²) in [4.78, 5) is 8.61. The van der Waals surface area contributed by atoms with Crippen molar-refractivity contribution in [2.24, 2.45) is 10.7 Å². The summed E-state index contributed by atoms with van der Waals surface area (Å²) in [5.74, 6) is 0.229. The molecule has 2 aromatic carbocycles. The summed E-state index contributed by atoms with van der Waals surface area (Å²) >= 11 is 0. The van der Waals surface area contributed by atoms with Gasteiger partial charge in [-0.2, -0.15) is 13.2 Å². The molecule has 3 rings (SSSR count). The highest BCUT2D eigenvalue weighted by Gasteiger charge is 2.31. The quantitative estimate of drug-likeness (QED) is 0.329. The summed E-state index contributed by atoms with van der Waals surface area (Å²) in [6.45, 7) is 3.97. The minimum atomic E-state index is -4.39. The number of nitrogens with zero attached hydrogens (tertiary/aromatic N) is 3. The standard InChI is InChI=1S/C22H28F3N5.HI/c1-29-11-13-30(14-12-29)20-8-7-19(22(23,24)25)15-18(20)16-28-21(26)27-10-9-17-5-3-2-4-6-17;/h2-8,15H,9-14,16H2,1H3,(H3,26,27,28);1H. The minimum Gasteiger partial charge on any atom is -0.370 e. The fourth-order valence-corrected chi connectivity index (χ4v) is 3.45. The van der Waals surface area contributed by atoms with E-state index in [2.05, 4.69) is 20.1 Å². The molecule has 170 valence electrons. The first kappa shape index (κ1) is 25.3. The van der Waals surface area contributed by atoms with Crippen LogP contribution in [0, 0.1) is 0 Å². The molecule has 3 N–H and O–H groups in total. The molecule has 0 aliphatic carbocycles. The van der Waals surface area contributed by atoms with Gasteiger partial charge in [-0.25, -0.2) is 4.99 Å². The lowest BCUT2D eigenvalue weighted by Crippen LogP contribution is -2.44. The summed E-state index contributed by atoms with van der Waals surface area (Å²) < 4.78 is 39.7. The van der Waals surface area contributed by atoms with Crippen LogP contribution in [0.4, 0.5) is 18.9 Å². The first-order chi connectivity index (χ1) is 14.3. The van der Waals surface area contributed by atoms with Gasteiger partial charge in [0.25, 0.3) is 0 Å². The summed E-state index contributed by atoms with van der Waals surface area (Å²) in [6, 6.07) is 13.8. The molecule has 31 heavy (non-hydrogen) atoms. The maximum absolute atomic E-state index is 13.2. The van der Waals surface area contributed by atoms with Gasteiger partial charge in [-0.1, -0.05) is 30.3 Å². The van der Waals surface area contributed by atoms with Gasteiger partial charge in [-0.15, -0.1) is 24.0 Å². The monoisotopic (exact) mass is 547 g/mol. The highest BCUT2D eigenvalue weighted by atomic mass is 127. The Morgan fingerprint density at radius 3 is 2.39 bits per heavy atom. The number of rotatable bonds is 6. The lowest BCUT2D eigenvalue weighted by Gasteiger charge is -2.35. The number of halogens is 4. The number of hydrogen-bond acceptors (Lipinski definition) is 3. The van der Waals surface area contributed by atoms with E-state index in [0.29, 0.717) is 12.1 Å². The number of benzene rings is 2. The average molecular weight is 547 g/mol. The number of aliphatic imine (C=N–C) groups is 1. The Kier molecular flexibility index (Phi) is 9.42. The van der Waals surface area contributed by atoms with Gasteiger partial charge in [0, 0.05) is 38.4 Å². The molecule has 1 aliphatic heterocycles. The Hall–Kier alpha value is -2.01. The van der Waals surface area contributed by atoms with Gasteiger partial charge < -0.3 is 20.9 Å². The summed E-state index contributed by atoms with van der Waals surface area (Å²) in [6.07, 6.45) is -3.61. The molecule has 1 saturated heterocycles. The van der Waals surface area contributed by atoms with Crippen LogP contribution in [0.1, 0.15) is 16.7 Å².